The molecule has 2 fully saturated rings. The van der Waals surface area contributed by atoms with E-state index >= 15 is 0 Å². The third kappa shape index (κ3) is 3.31. The van der Waals surface area contributed by atoms with Crippen molar-refractivity contribution in [3.8, 4) is 0 Å². The van der Waals surface area contributed by atoms with Crippen LogP contribution in [-0.2, 0) is 16.1 Å². The van der Waals surface area contributed by atoms with Gasteiger partial charge in [-0.3, -0.25) is 14.3 Å². The summed E-state index contributed by atoms with van der Waals surface area (Å²) in [6.07, 6.45) is 8.55. The predicted octanol–water partition coefficient (Wildman–Crippen LogP) is 1.18. The lowest BCUT2D eigenvalue weighted by atomic mass is 10.1. The number of nitrogens with one attached hydrogen (secondary N) is 1. The zero-order valence-corrected chi connectivity index (χ0v) is 13.1. The molecule has 1 aliphatic heterocycles. The van der Waals surface area contributed by atoms with E-state index in [9.17, 15) is 9.59 Å². The molecule has 2 heterocycles. The maximum Gasteiger partial charge on any atom is 0.225 e. The number of rotatable bonds is 5. The van der Waals surface area contributed by atoms with E-state index in [1.54, 1.807) is 10.9 Å². The standard InChI is InChI=1S/C16H24N4O2/c1-12(10-19-8-4-7-17-19)18-16(22)13-9-15(21)20(11-13)14-5-2-3-6-14/h4,7-8,12-14H,2-3,5-6,9-11H2,1H3,(H,18,22). The fourth-order valence-corrected chi connectivity index (χ4v) is 3.57. The second kappa shape index (κ2) is 6.50. The molecule has 2 atom stereocenters. The second-order valence-electron chi connectivity index (χ2n) is 6.52. The Bertz CT molecular complexity index is 522. The molecule has 0 radical (unpaired) electrons. The molecular formula is C16H24N4O2. The fraction of sp³-hybridized carbons (Fsp3) is 0.688. The normalized spacial score (nSPS) is 24.0. The van der Waals surface area contributed by atoms with Crippen molar-refractivity contribution in [2.75, 3.05) is 6.54 Å². The molecule has 1 aromatic rings. The van der Waals surface area contributed by atoms with Gasteiger partial charge in [0.25, 0.3) is 0 Å². The molecule has 1 N–H and O–H groups in total. The van der Waals surface area contributed by atoms with Crippen LogP contribution in [0.1, 0.15) is 39.0 Å². The van der Waals surface area contributed by atoms with Gasteiger partial charge in [0.2, 0.25) is 11.8 Å². The molecule has 1 saturated carbocycles. The molecule has 1 saturated heterocycles. The van der Waals surface area contributed by atoms with E-state index in [1.807, 2.05) is 24.1 Å². The third-order valence-electron chi connectivity index (χ3n) is 4.70. The van der Waals surface area contributed by atoms with Crippen molar-refractivity contribution in [2.24, 2.45) is 5.92 Å². The first-order chi connectivity index (χ1) is 10.6. The van der Waals surface area contributed by atoms with Gasteiger partial charge >= 0.3 is 0 Å². The van der Waals surface area contributed by atoms with Gasteiger partial charge in [-0.15, -0.1) is 0 Å². The highest BCUT2D eigenvalue weighted by Gasteiger charge is 2.38. The first kappa shape index (κ1) is 15.1. The average molecular weight is 304 g/mol. The van der Waals surface area contributed by atoms with Gasteiger partial charge in [-0.1, -0.05) is 12.8 Å². The third-order valence-corrected chi connectivity index (χ3v) is 4.70. The van der Waals surface area contributed by atoms with Gasteiger partial charge in [0.1, 0.15) is 0 Å². The van der Waals surface area contributed by atoms with Gasteiger partial charge in [0.15, 0.2) is 0 Å². The maximum absolute atomic E-state index is 12.4. The number of likely N-dealkylation sites (tertiary alicyclic amines) is 1. The van der Waals surface area contributed by atoms with Crippen molar-refractivity contribution in [1.29, 1.82) is 0 Å². The van der Waals surface area contributed by atoms with E-state index in [1.165, 1.54) is 12.8 Å². The van der Waals surface area contributed by atoms with Crippen molar-refractivity contribution in [3.63, 3.8) is 0 Å². The van der Waals surface area contributed by atoms with Crippen molar-refractivity contribution in [2.45, 2.75) is 57.7 Å². The van der Waals surface area contributed by atoms with Crippen molar-refractivity contribution >= 4 is 11.8 Å². The molecule has 1 aliphatic carbocycles. The van der Waals surface area contributed by atoms with E-state index in [2.05, 4.69) is 10.4 Å². The molecule has 6 heteroatoms. The zero-order chi connectivity index (χ0) is 15.5. The second-order valence-corrected chi connectivity index (χ2v) is 6.52. The van der Waals surface area contributed by atoms with Crippen LogP contribution < -0.4 is 5.32 Å². The highest BCUT2D eigenvalue weighted by atomic mass is 16.2. The van der Waals surface area contributed by atoms with Gasteiger partial charge < -0.3 is 10.2 Å². The molecule has 0 bridgehead atoms. The number of amides is 2. The molecule has 6 nitrogen and oxygen atoms in total. The first-order valence-corrected chi connectivity index (χ1v) is 8.21. The zero-order valence-electron chi connectivity index (χ0n) is 13.1. The molecular weight excluding hydrogens is 280 g/mol. The van der Waals surface area contributed by atoms with Crippen LogP contribution in [0.15, 0.2) is 18.5 Å². The van der Waals surface area contributed by atoms with Crippen LogP contribution in [0.25, 0.3) is 0 Å². The van der Waals surface area contributed by atoms with Crippen molar-refractivity contribution in [3.05, 3.63) is 18.5 Å². The number of nitrogens with zero attached hydrogens (tertiary/aromatic N) is 3. The summed E-state index contributed by atoms with van der Waals surface area (Å²) in [7, 11) is 0. The van der Waals surface area contributed by atoms with Gasteiger partial charge in [0, 0.05) is 37.4 Å². The summed E-state index contributed by atoms with van der Waals surface area (Å²) in [5.41, 5.74) is 0. The number of hydrogen-bond acceptors (Lipinski definition) is 3. The predicted molar refractivity (Wildman–Crippen MR) is 81.9 cm³/mol. The smallest absolute Gasteiger partial charge is 0.225 e. The van der Waals surface area contributed by atoms with E-state index < -0.39 is 0 Å². The van der Waals surface area contributed by atoms with E-state index in [0.717, 1.165) is 12.8 Å². The molecule has 2 unspecified atom stereocenters. The average Bonchev–Trinajstić information content (AvgIpc) is 3.18. The van der Waals surface area contributed by atoms with E-state index in [-0.39, 0.29) is 23.8 Å². The Morgan fingerprint density at radius 1 is 1.45 bits per heavy atom. The summed E-state index contributed by atoms with van der Waals surface area (Å²) in [5.74, 6) is -0.0616. The summed E-state index contributed by atoms with van der Waals surface area (Å²) in [5, 5.41) is 7.15. The minimum Gasteiger partial charge on any atom is -0.351 e. The monoisotopic (exact) mass is 304 g/mol. The lowest BCUT2D eigenvalue weighted by Crippen LogP contribution is -2.41. The van der Waals surface area contributed by atoms with Crippen LogP contribution in [0.5, 0.6) is 0 Å². The Morgan fingerprint density at radius 3 is 2.91 bits per heavy atom. The lowest BCUT2D eigenvalue weighted by molar-refractivity contribution is -0.130. The van der Waals surface area contributed by atoms with Crippen LogP contribution in [0, 0.1) is 5.92 Å². The van der Waals surface area contributed by atoms with Gasteiger partial charge in [-0.05, 0) is 25.8 Å². The molecule has 22 heavy (non-hydrogen) atoms. The van der Waals surface area contributed by atoms with Gasteiger partial charge in [-0.25, -0.2) is 0 Å². The van der Waals surface area contributed by atoms with Crippen LogP contribution >= 0.6 is 0 Å². The molecule has 3 rings (SSSR count). The highest BCUT2D eigenvalue weighted by molar-refractivity contribution is 5.89. The Kier molecular flexibility index (Phi) is 4.45. The fourth-order valence-electron chi connectivity index (χ4n) is 3.57. The quantitative estimate of drug-likeness (QED) is 0.888. The minimum absolute atomic E-state index is 0.00281. The summed E-state index contributed by atoms with van der Waals surface area (Å²) in [4.78, 5) is 26.5. The summed E-state index contributed by atoms with van der Waals surface area (Å²) >= 11 is 0. The molecule has 0 aromatic carbocycles. The molecule has 1 aromatic heterocycles. The number of carbonyl (C=O) groups is 2. The minimum atomic E-state index is -0.201. The SMILES string of the molecule is CC(Cn1cccn1)NC(=O)C1CC(=O)N(C2CCCC2)C1. The molecule has 0 spiro atoms. The van der Waals surface area contributed by atoms with Gasteiger partial charge in [0.05, 0.1) is 12.5 Å². The summed E-state index contributed by atoms with van der Waals surface area (Å²) in [6.45, 7) is 3.20. The molecule has 120 valence electrons. The first-order valence-electron chi connectivity index (χ1n) is 8.21. The number of aromatic nitrogens is 2. The van der Waals surface area contributed by atoms with Crippen molar-refractivity contribution in [1.82, 2.24) is 20.0 Å². The number of carbonyl (C=O) groups excluding carboxylic acids is 2. The van der Waals surface area contributed by atoms with E-state index in [0.29, 0.717) is 25.6 Å². The van der Waals surface area contributed by atoms with Crippen LogP contribution in [0.3, 0.4) is 0 Å². The lowest BCUT2D eigenvalue weighted by Gasteiger charge is -2.24. The Balaban J connectivity index is 1.51. The van der Waals surface area contributed by atoms with Gasteiger partial charge in [-0.2, -0.15) is 5.10 Å². The highest BCUT2D eigenvalue weighted by Crippen LogP contribution is 2.29. The number of hydrogen-bond donors (Lipinski definition) is 1. The Hall–Kier alpha value is -1.85. The van der Waals surface area contributed by atoms with Crippen LogP contribution in [0.2, 0.25) is 0 Å². The topological polar surface area (TPSA) is 67.2 Å². The Labute approximate surface area is 130 Å². The van der Waals surface area contributed by atoms with Crippen LogP contribution in [0.4, 0.5) is 0 Å². The molecule has 2 aliphatic rings. The maximum atomic E-state index is 12.4. The largest absolute Gasteiger partial charge is 0.351 e. The summed E-state index contributed by atoms with van der Waals surface area (Å²) in [6, 6.07) is 2.23. The van der Waals surface area contributed by atoms with E-state index in [4.69, 9.17) is 0 Å². The van der Waals surface area contributed by atoms with Crippen molar-refractivity contribution < 1.29 is 9.59 Å². The van der Waals surface area contributed by atoms with Crippen LogP contribution in [-0.4, -0.2) is 45.1 Å². The summed E-state index contributed by atoms with van der Waals surface area (Å²) < 4.78 is 1.80. The molecule has 2 amide bonds. The Morgan fingerprint density at radius 2 is 2.23 bits per heavy atom.